The third-order valence-corrected chi connectivity index (χ3v) is 5.81. The van der Waals surface area contributed by atoms with E-state index in [0.717, 1.165) is 30.1 Å². The lowest BCUT2D eigenvalue weighted by molar-refractivity contribution is -0.137. The van der Waals surface area contributed by atoms with Crippen molar-refractivity contribution in [3.63, 3.8) is 0 Å². The van der Waals surface area contributed by atoms with Crippen LogP contribution in [-0.2, 0) is 12.7 Å². The van der Waals surface area contributed by atoms with Crippen molar-refractivity contribution >= 4 is 23.2 Å². The molecular weight excluding hydrogens is 515 g/mol. The van der Waals surface area contributed by atoms with E-state index >= 15 is 0 Å². The van der Waals surface area contributed by atoms with Crippen LogP contribution < -0.4 is 10.6 Å². The van der Waals surface area contributed by atoms with E-state index in [1.165, 1.54) is 31.2 Å². The molecule has 2 heterocycles. The lowest BCUT2D eigenvalue weighted by Crippen LogP contribution is -2.23. The summed E-state index contributed by atoms with van der Waals surface area (Å²) in [5.74, 6) is -0.412. The summed E-state index contributed by atoms with van der Waals surface area (Å²) in [4.78, 5) is 16.4. The van der Waals surface area contributed by atoms with Crippen LogP contribution in [0, 0.1) is 6.92 Å². The summed E-state index contributed by atoms with van der Waals surface area (Å²) < 4.78 is 39.9. The molecule has 2 N–H and O–H groups in total. The molecule has 0 unspecified atom stereocenters. The van der Waals surface area contributed by atoms with Gasteiger partial charge in [0.2, 0.25) is 0 Å². The van der Waals surface area contributed by atoms with E-state index in [4.69, 9.17) is 11.6 Å². The topological polar surface area (TPSA) is 71.8 Å². The van der Waals surface area contributed by atoms with Gasteiger partial charge in [-0.3, -0.25) is 9.78 Å². The molecule has 0 spiro atoms. The third-order valence-electron chi connectivity index (χ3n) is 5.55. The van der Waals surface area contributed by atoms with Crippen LogP contribution >= 0.6 is 11.6 Å². The van der Waals surface area contributed by atoms with E-state index in [9.17, 15) is 18.0 Å². The number of anilines is 1. The molecule has 0 saturated heterocycles. The Morgan fingerprint density at radius 2 is 1.82 bits per heavy atom. The first-order valence-corrected chi connectivity index (χ1v) is 12.5. The summed E-state index contributed by atoms with van der Waals surface area (Å²) >= 11 is 5.87. The second kappa shape index (κ2) is 13.6. The summed E-state index contributed by atoms with van der Waals surface area (Å²) in [6.07, 6.45) is 3.07. The van der Waals surface area contributed by atoms with Gasteiger partial charge in [-0.25, -0.2) is 4.68 Å². The number of amides is 1. The first-order valence-electron chi connectivity index (χ1n) is 12.1. The number of benzene rings is 2. The molecule has 1 amide bonds. The molecule has 2 aromatic carbocycles. The lowest BCUT2D eigenvalue weighted by atomic mass is 10.1. The van der Waals surface area contributed by atoms with Gasteiger partial charge in [0.15, 0.2) is 0 Å². The van der Waals surface area contributed by atoms with Gasteiger partial charge in [0, 0.05) is 30.5 Å². The quantitative estimate of drug-likeness (QED) is 0.233. The van der Waals surface area contributed by atoms with Gasteiger partial charge in [-0.05, 0) is 67.4 Å². The molecule has 0 bridgehead atoms. The van der Waals surface area contributed by atoms with E-state index in [1.54, 1.807) is 42.1 Å². The zero-order chi connectivity index (χ0) is 27.5. The van der Waals surface area contributed by atoms with E-state index in [1.807, 2.05) is 18.3 Å². The first-order chi connectivity index (χ1) is 18.2. The maximum Gasteiger partial charge on any atom is 0.416 e. The largest absolute Gasteiger partial charge is 0.416 e. The Morgan fingerprint density at radius 3 is 2.47 bits per heavy atom. The Bertz CT molecular complexity index is 1310. The highest BCUT2D eigenvalue weighted by atomic mass is 35.5. The fourth-order valence-corrected chi connectivity index (χ4v) is 3.61. The number of hydrogen-bond acceptors (Lipinski definition) is 4. The molecule has 0 radical (unpaired) electrons. The minimum Gasteiger partial charge on any atom is -0.384 e. The predicted octanol–water partition coefficient (Wildman–Crippen LogP) is 7.08. The smallest absolute Gasteiger partial charge is 0.384 e. The number of nitrogens with zero attached hydrogens (tertiary/aromatic N) is 3. The van der Waals surface area contributed by atoms with Crippen LogP contribution in [0.3, 0.4) is 0 Å². The molecule has 0 aliphatic rings. The number of carbonyl (C=O) groups is 1. The van der Waals surface area contributed by atoms with Crippen molar-refractivity contribution in [2.45, 2.75) is 39.4 Å². The number of halogens is 4. The van der Waals surface area contributed by atoms with Crippen LogP contribution in [0.15, 0.2) is 79.3 Å². The van der Waals surface area contributed by atoms with Crippen molar-refractivity contribution < 1.29 is 18.0 Å². The van der Waals surface area contributed by atoms with Gasteiger partial charge in [-0.2, -0.15) is 18.3 Å². The van der Waals surface area contributed by atoms with Gasteiger partial charge >= 0.3 is 6.18 Å². The normalized spacial score (nSPS) is 10.9. The summed E-state index contributed by atoms with van der Waals surface area (Å²) in [5, 5.41) is 10.7. The van der Waals surface area contributed by atoms with Gasteiger partial charge < -0.3 is 10.6 Å². The van der Waals surface area contributed by atoms with Crippen LogP contribution in [0.5, 0.6) is 0 Å². The highest BCUT2D eigenvalue weighted by Crippen LogP contribution is 2.29. The maximum absolute atomic E-state index is 12.8. The molecule has 0 atom stereocenters. The van der Waals surface area contributed by atoms with Crippen molar-refractivity contribution in [1.82, 2.24) is 20.1 Å². The van der Waals surface area contributed by atoms with Crippen molar-refractivity contribution in [2.24, 2.45) is 0 Å². The molecule has 0 saturated carbocycles. The highest BCUT2D eigenvalue weighted by Gasteiger charge is 2.30. The fourth-order valence-electron chi connectivity index (χ4n) is 3.49. The Morgan fingerprint density at radius 1 is 1.05 bits per heavy atom. The molecule has 0 fully saturated rings. The van der Waals surface area contributed by atoms with Gasteiger partial charge in [-0.15, -0.1) is 0 Å². The SMILES string of the molecule is CCCCNc1cccnc1.Cc1c(C(=O)NCc2cccc(C(F)(F)F)c2)cnn1-c1ccc(Cl)cc1. The van der Waals surface area contributed by atoms with E-state index in [0.29, 0.717) is 21.8 Å². The Labute approximate surface area is 224 Å². The van der Waals surface area contributed by atoms with Crippen molar-refractivity contribution in [2.75, 3.05) is 11.9 Å². The maximum atomic E-state index is 12.8. The highest BCUT2D eigenvalue weighted by molar-refractivity contribution is 6.30. The van der Waals surface area contributed by atoms with Crippen LogP contribution in [-0.4, -0.2) is 27.2 Å². The number of hydrogen-bond donors (Lipinski definition) is 2. The lowest BCUT2D eigenvalue weighted by Gasteiger charge is -2.10. The molecule has 4 aromatic rings. The summed E-state index contributed by atoms with van der Waals surface area (Å²) in [5.41, 5.74) is 2.42. The molecule has 0 aliphatic heterocycles. The van der Waals surface area contributed by atoms with Crippen molar-refractivity contribution in [3.8, 4) is 5.69 Å². The Kier molecular flexibility index (Phi) is 10.3. The zero-order valence-electron chi connectivity index (χ0n) is 21.1. The van der Waals surface area contributed by atoms with Crippen LogP contribution in [0.1, 0.15) is 46.9 Å². The summed E-state index contributed by atoms with van der Waals surface area (Å²) in [6.45, 7) is 4.95. The number of aromatic nitrogens is 3. The number of unbranched alkanes of at least 4 members (excludes halogenated alkanes) is 1. The minimum atomic E-state index is -4.42. The number of pyridine rings is 1. The standard InChI is InChI=1S/C19H15ClF3N3O.C9H14N2/c1-12-17(11-25-26(12)16-7-5-15(20)6-8-16)18(27)24-10-13-3-2-4-14(9-13)19(21,22)23;1-2-3-7-11-9-5-4-6-10-8-9/h2-9,11H,10H2,1H3,(H,24,27);4-6,8,11H,2-3,7H2,1H3. The predicted molar refractivity (Wildman–Crippen MR) is 144 cm³/mol. The average molecular weight is 544 g/mol. The number of rotatable bonds is 8. The van der Waals surface area contributed by atoms with Gasteiger partial charge in [0.1, 0.15) is 0 Å². The van der Waals surface area contributed by atoms with Crippen molar-refractivity contribution in [3.05, 3.63) is 107 Å². The fraction of sp³-hybridized carbons (Fsp3) is 0.250. The van der Waals surface area contributed by atoms with Crippen molar-refractivity contribution in [1.29, 1.82) is 0 Å². The third kappa shape index (κ3) is 8.34. The molecule has 4 rings (SSSR count). The molecule has 200 valence electrons. The summed E-state index contributed by atoms with van der Waals surface area (Å²) in [6, 6.07) is 15.8. The average Bonchev–Trinajstić information content (AvgIpc) is 3.30. The monoisotopic (exact) mass is 543 g/mol. The molecule has 10 heteroatoms. The zero-order valence-corrected chi connectivity index (χ0v) is 21.9. The van der Waals surface area contributed by atoms with Crippen LogP contribution in [0.2, 0.25) is 5.02 Å². The second-order valence-corrected chi connectivity index (χ2v) is 8.87. The first kappa shape index (κ1) is 28.7. The molecule has 0 aliphatic carbocycles. The number of nitrogens with one attached hydrogen (secondary N) is 2. The van der Waals surface area contributed by atoms with Gasteiger partial charge in [-0.1, -0.05) is 37.1 Å². The molecule has 6 nitrogen and oxygen atoms in total. The van der Waals surface area contributed by atoms with Crippen LogP contribution in [0.4, 0.5) is 18.9 Å². The summed E-state index contributed by atoms with van der Waals surface area (Å²) in [7, 11) is 0. The molecule has 38 heavy (non-hydrogen) atoms. The van der Waals surface area contributed by atoms with E-state index < -0.39 is 17.6 Å². The van der Waals surface area contributed by atoms with Crippen LogP contribution in [0.25, 0.3) is 5.69 Å². The Balaban J connectivity index is 0.000000304. The Hall–Kier alpha value is -3.85. The molecular formula is C28H29ClF3N5O. The van der Waals surface area contributed by atoms with E-state index in [2.05, 4.69) is 27.6 Å². The van der Waals surface area contributed by atoms with Gasteiger partial charge in [0.05, 0.1) is 34.4 Å². The van der Waals surface area contributed by atoms with E-state index in [-0.39, 0.29) is 6.54 Å². The molecule has 2 aromatic heterocycles. The number of carbonyl (C=O) groups excluding carboxylic acids is 1. The minimum absolute atomic E-state index is 0.0195. The second-order valence-electron chi connectivity index (χ2n) is 8.43. The number of alkyl halides is 3. The van der Waals surface area contributed by atoms with Gasteiger partial charge in [0.25, 0.3) is 5.91 Å².